The van der Waals surface area contributed by atoms with E-state index in [0.717, 1.165) is 16.9 Å². The molecule has 116 valence electrons. The number of H-pyrrole nitrogens is 1. The number of rotatable bonds is 4. The molecular weight excluding hydrogens is 332 g/mol. The summed E-state index contributed by atoms with van der Waals surface area (Å²) in [5, 5.41) is 12.0. The average Bonchev–Trinajstić information content (AvgIpc) is 2.94. The highest BCUT2D eigenvalue weighted by atomic mass is 35.5. The maximum atomic E-state index is 5.97. The molecule has 0 amide bonds. The van der Waals surface area contributed by atoms with Gasteiger partial charge in [0.2, 0.25) is 4.77 Å². The molecule has 1 heterocycles. The Kier molecular flexibility index (Phi) is 4.55. The van der Waals surface area contributed by atoms with E-state index in [-0.39, 0.29) is 0 Å². The van der Waals surface area contributed by atoms with Crippen molar-refractivity contribution in [2.45, 2.75) is 0 Å². The van der Waals surface area contributed by atoms with Crippen LogP contribution in [0.2, 0.25) is 5.02 Å². The van der Waals surface area contributed by atoms with E-state index in [1.165, 1.54) is 0 Å². The third kappa shape index (κ3) is 3.49. The largest absolute Gasteiger partial charge is 0.497 e. The average molecular weight is 345 g/mol. The molecule has 0 unspecified atom stereocenters. The second-order valence-electron chi connectivity index (χ2n) is 4.69. The van der Waals surface area contributed by atoms with Crippen LogP contribution in [0.3, 0.4) is 0 Å². The topological polar surface area (TPSA) is 55.2 Å². The van der Waals surface area contributed by atoms with Gasteiger partial charge in [-0.05, 0) is 54.2 Å². The lowest BCUT2D eigenvalue weighted by Crippen LogP contribution is -1.95. The normalized spacial score (nSPS) is 11.0. The minimum absolute atomic E-state index is 0.411. The third-order valence-electron chi connectivity index (χ3n) is 3.17. The fraction of sp³-hybridized carbons (Fsp3) is 0.0625. The van der Waals surface area contributed by atoms with Crippen LogP contribution < -0.4 is 4.74 Å². The summed E-state index contributed by atoms with van der Waals surface area (Å²) < 4.78 is 7.14. The van der Waals surface area contributed by atoms with Gasteiger partial charge in [0, 0.05) is 10.6 Å². The van der Waals surface area contributed by atoms with Crippen molar-refractivity contribution in [3.63, 3.8) is 0 Å². The van der Waals surface area contributed by atoms with Crippen molar-refractivity contribution in [3.05, 3.63) is 63.9 Å². The van der Waals surface area contributed by atoms with Gasteiger partial charge in [-0.1, -0.05) is 23.7 Å². The molecular formula is C16H13ClN4OS. The molecule has 1 aromatic heterocycles. The van der Waals surface area contributed by atoms with Gasteiger partial charge in [-0.2, -0.15) is 14.9 Å². The van der Waals surface area contributed by atoms with Gasteiger partial charge in [-0.15, -0.1) is 0 Å². The smallest absolute Gasteiger partial charge is 0.216 e. The fourth-order valence-electron chi connectivity index (χ4n) is 2.04. The fourth-order valence-corrected chi connectivity index (χ4v) is 2.42. The molecule has 0 radical (unpaired) electrons. The number of benzene rings is 2. The second-order valence-corrected chi connectivity index (χ2v) is 5.52. The summed E-state index contributed by atoms with van der Waals surface area (Å²) in [4.78, 5) is 0. The van der Waals surface area contributed by atoms with E-state index in [2.05, 4.69) is 15.3 Å². The molecule has 2 aromatic carbocycles. The van der Waals surface area contributed by atoms with Crippen molar-refractivity contribution < 1.29 is 4.74 Å². The van der Waals surface area contributed by atoms with Gasteiger partial charge in [0.25, 0.3) is 0 Å². The van der Waals surface area contributed by atoms with Crippen LogP contribution in [0, 0.1) is 4.77 Å². The number of nitrogens with zero attached hydrogens (tertiary/aromatic N) is 3. The second kappa shape index (κ2) is 6.76. The van der Waals surface area contributed by atoms with E-state index >= 15 is 0 Å². The van der Waals surface area contributed by atoms with Gasteiger partial charge in [0.05, 0.1) is 13.3 Å². The Morgan fingerprint density at radius 2 is 2.04 bits per heavy atom. The highest BCUT2D eigenvalue weighted by Crippen LogP contribution is 2.20. The molecule has 3 aromatic rings. The van der Waals surface area contributed by atoms with Crippen molar-refractivity contribution >= 4 is 30.0 Å². The molecule has 3 rings (SSSR count). The molecule has 0 saturated heterocycles. The van der Waals surface area contributed by atoms with E-state index < -0.39 is 0 Å². The van der Waals surface area contributed by atoms with Crippen LogP contribution in [0.15, 0.2) is 53.6 Å². The van der Waals surface area contributed by atoms with Crippen molar-refractivity contribution in [1.29, 1.82) is 0 Å². The van der Waals surface area contributed by atoms with E-state index in [4.69, 9.17) is 28.6 Å². The standard InChI is InChI=1S/C16H13ClN4OS/c1-22-14-7-5-12(6-8-14)15-19-20-16(23)21(15)18-10-11-3-2-4-13(17)9-11/h2-10H,1H3,(H,20,23). The quantitative estimate of drug-likeness (QED) is 0.571. The number of methoxy groups -OCH3 is 1. The summed E-state index contributed by atoms with van der Waals surface area (Å²) in [5.74, 6) is 1.40. The van der Waals surface area contributed by atoms with E-state index in [0.29, 0.717) is 15.6 Å². The van der Waals surface area contributed by atoms with Gasteiger partial charge in [-0.25, -0.2) is 5.10 Å². The van der Waals surface area contributed by atoms with Gasteiger partial charge >= 0.3 is 0 Å². The van der Waals surface area contributed by atoms with Crippen LogP contribution >= 0.6 is 23.8 Å². The van der Waals surface area contributed by atoms with Gasteiger partial charge < -0.3 is 4.74 Å². The number of aromatic nitrogens is 3. The Balaban J connectivity index is 1.96. The Hall–Kier alpha value is -2.44. The van der Waals surface area contributed by atoms with Gasteiger partial charge in [0.15, 0.2) is 5.82 Å². The minimum atomic E-state index is 0.411. The monoisotopic (exact) mass is 344 g/mol. The lowest BCUT2D eigenvalue weighted by molar-refractivity contribution is 0.415. The molecule has 1 N–H and O–H groups in total. The van der Waals surface area contributed by atoms with Crippen LogP contribution in [0.25, 0.3) is 11.4 Å². The lowest BCUT2D eigenvalue weighted by atomic mass is 10.2. The number of hydrogen-bond donors (Lipinski definition) is 1. The summed E-state index contributed by atoms with van der Waals surface area (Å²) in [6.45, 7) is 0. The van der Waals surface area contributed by atoms with Crippen LogP contribution in [-0.4, -0.2) is 28.2 Å². The van der Waals surface area contributed by atoms with Crippen molar-refractivity contribution in [1.82, 2.24) is 14.9 Å². The van der Waals surface area contributed by atoms with Crippen molar-refractivity contribution in [2.24, 2.45) is 5.10 Å². The Morgan fingerprint density at radius 3 is 2.74 bits per heavy atom. The molecule has 23 heavy (non-hydrogen) atoms. The Bertz CT molecular complexity index is 899. The van der Waals surface area contributed by atoms with Crippen LogP contribution in [-0.2, 0) is 0 Å². The first kappa shape index (κ1) is 15.5. The zero-order valence-corrected chi connectivity index (χ0v) is 13.8. The maximum Gasteiger partial charge on any atom is 0.216 e. The number of nitrogens with one attached hydrogen (secondary N) is 1. The van der Waals surface area contributed by atoms with Gasteiger partial charge in [0.1, 0.15) is 5.75 Å². The maximum absolute atomic E-state index is 5.97. The van der Waals surface area contributed by atoms with E-state index in [1.807, 2.05) is 48.5 Å². The Labute approximate surface area is 143 Å². The van der Waals surface area contributed by atoms with Crippen molar-refractivity contribution in [3.8, 4) is 17.1 Å². The van der Waals surface area contributed by atoms with Crippen LogP contribution in [0.4, 0.5) is 0 Å². The summed E-state index contributed by atoms with van der Waals surface area (Å²) in [6, 6.07) is 14.9. The summed E-state index contributed by atoms with van der Waals surface area (Å²) in [5.41, 5.74) is 1.75. The molecule has 0 aliphatic heterocycles. The minimum Gasteiger partial charge on any atom is -0.497 e. The van der Waals surface area contributed by atoms with Crippen molar-refractivity contribution in [2.75, 3.05) is 7.11 Å². The predicted octanol–water partition coefficient (Wildman–Crippen LogP) is 4.15. The lowest BCUT2D eigenvalue weighted by Gasteiger charge is -2.03. The zero-order valence-electron chi connectivity index (χ0n) is 12.2. The summed E-state index contributed by atoms with van der Waals surface area (Å²) >= 11 is 11.2. The first-order valence-electron chi connectivity index (χ1n) is 6.79. The van der Waals surface area contributed by atoms with E-state index in [1.54, 1.807) is 18.0 Å². The molecule has 0 aliphatic rings. The Morgan fingerprint density at radius 1 is 1.26 bits per heavy atom. The van der Waals surface area contributed by atoms with Crippen LogP contribution in [0.5, 0.6) is 5.75 Å². The molecule has 0 aliphatic carbocycles. The molecule has 0 fully saturated rings. The summed E-state index contributed by atoms with van der Waals surface area (Å²) in [7, 11) is 1.63. The molecule has 0 atom stereocenters. The van der Waals surface area contributed by atoms with E-state index in [9.17, 15) is 0 Å². The summed E-state index contributed by atoms with van der Waals surface area (Å²) in [6.07, 6.45) is 1.68. The SMILES string of the molecule is COc1ccc(-c2n[nH]c(=S)n2N=Cc2cccc(Cl)c2)cc1. The number of hydrogen-bond acceptors (Lipinski definition) is 4. The highest BCUT2D eigenvalue weighted by Gasteiger charge is 2.08. The molecule has 0 saturated carbocycles. The highest BCUT2D eigenvalue weighted by molar-refractivity contribution is 7.71. The molecule has 5 nitrogen and oxygen atoms in total. The molecule has 0 spiro atoms. The van der Waals surface area contributed by atoms with Gasteiger partial charge in [-0.3, -0.25) is 0 Å². The first-order valence-corrected chi connectivity index (χ1v) is 7.58. The number of halogens is 1. The molecule has 7 heteroatoms. The molecule has 0 bridgehead atoms. The zero-order chi connectivity index (χ0) is 16.2. The number of aromatic amines is 1. The third-order valence-corrected chi connectivity index (χ3v) is 3.67. The first-order chi connectivity index (χ1) is 11.2. The van der Waals surface area contributed by atoms with Crippen LogP contribution in [0.1, 0.15) is 5.56 Å². The predicted molar refractivity (Wildman–Crippen MR) is 93.8 cm³/mol. The number of ether oxygens (including phenoxy) is 1.